The van der Waals surface area contributed by atoms with E-state index >= 15 is 0 Å². The van der Waals surface area contributed by atoms with Crippen molar-refractivity contribution in [1.82, 2.24) is 9.55 Å². The quantitative estimate of drug-likeness (QED) is 0.714. The molecule has 2 aromatic carbocycles. The Morgan fingerprint density at radius 1 is 1.00 bits per heavy atom. The summed E-state index contributed by atoms with van der Waals surface area (Å²) in [5.41, 5.74) is 4.98. The highest BCUT2D eigenvalue weighted by molar-refractivity contribution is 5.80. The van der Waals surface area contributed by atoms with Gasteiger partial charge in [0.05, 0.1) is 29.8 Å². The molecule has 0 amide bonds. The number of hydrogen-bond acceptors (Lipinski definition) is 3. The molecule has 2 aliphatic rings. The summed E-state index contributed by atoms with van der Waals surface area (Å²) in [6, 6.07) is 17.4. The van der Waals surface area contributed by atoms with Gasteiger partial charge < -0.3 is 14.2 Å². The predicted molar refractivity (Wildman–Crippen MR) is 105 cm³/mol. The van der Waals surface area contributed by atoms with Gasteiger partial charge in [0.25, 0.3) is 0 Å². The molecule has 5 rings (SSSR count). The van der Waals surface area contributed by atoms with Gasteiger partial charge in [-0.15, -0.1) is 0 Å². The van der Waals surface area contributed by atoms with Crippen LogP contribution >= 0.6 is 0 Å². The molecule has 3 aromatic rings. The highest BCUT2D eigenvalue weighted by Crippen LogP contribution is 2.32. The molecule has 0 radical (unpaired) electrons. The number of imidazole rings is 1. The Labute approximate surface area is 154 Å². The minimum Gasteiger partial charge on any atom is -0.371 e. The summed E-state index contributed by atoms with van der Waals surface area (Å²) in [4.78, 5) is 7.52. The Balaban J connectivity index is 1.59. The first-order valence-electron chi connectivity index (χ1n) is 9.73. The minimum atomic E-state index is 0.366. The first-order valence-corrected chi connectivity index (χ1v) is 9.73. The number of benzene rings is 2. The lowest BCUT2D eigenvalue weighted by atomic mass is 10.1. The summed E-state index contributed by atoms with van der Waals surface area (Å²) in [7, 11) is 0. The lowest BCUT2D eigenvalue weighted by Gasteiger charge is -2.33. The second-order valence-corrected chi connectivity index (χ2v) is 7.52. The zero-order chi connectivity index (χ0) is 17.5. The number of morpholine rings is 1. The van der Waals surface area contributed by atoms with E-state index in [0.717, 1.165) is 37.5 Å². The number of aryl methyl sites for hydroxylation is 1. The van der Waals surface area contributed by atoms with Crippen LogP contribution in [0.2, 0.25) is 0 Å². The van der Waals surface area contributed by atoms with E-state index in [1.54, 1.807) is 0 Å². The monoisotopic (exact) mass is 347 g/mol. The van der Waals surface area contributed by atoms with Crippen LogP contribution in [0.15, 0.2) is 48.5 Å². The fraction of sp³-hybridized carbons (Fsp3) is 0.409. The van der Waals surface area contributed by atoms with Gasteiger partial charge in [-0.25, -0.2) is 4.98 Å². The molecule has 2 saturated heterocycles. The van der Waals surface area contributed by atoms with Crippen molar-refractivity contribution >= 4 is 17.0 Å². The topological polar surface area (TPSA) is 30.3 Å². The number of ether oxygens (including phenoxy) is 1. The Bertz CT molecular complexity index is 906. The van der Waals surface area contributed by atoms with Gasteiger partial charge in [-0.3, -0.25) is 0 Å². The van der Waals surface area contributed by atoms with Crippen LogP contribution in [-0.4, -0.2) is 34.8 Å². The van der Waals surface area contributed by atoms with Crippen molar-refractivity contribution in [2.24, 2.45) is 0 Å². The molecule has 0 N–H and O–H groups in total. The Kier molecular flexibility index (Phi) is 3.93. The fourth-order valence-corrected chi connectivity index (χ4v) is 4.32. The molecule has 2 atom stereocenters. The molecular weight excluding hydrogens is 322 g/mol. The molecule has 4 heteroatoms. The summed E-state index contributed by atoms with van der Waals surface area (Å²) in [5.74, 6) is 1.09. The van der Waals surface area contributed by atoms with Gasteiger partial charge in [0.15, 0.2) is 0 Å². The van der Waals surface area contributed by atoms with Crippen molar-refractivity contribution in [3.8, 4) is 0 Å². The maximum Gasteiger partial charge on any atom is 0.207 e. The maximum absolute atomic E-state index is 6.04. The standard InChI is InChI=1S/C22H25N3O/c1-2-16-8-11-21-20(12-16)23-22(24-14-18-9-10-19(15-24)26-18)25(21)13-17-6-4-3-5-7-17/h3-8,11-12,18-19H,2,9-10,13-15H2,1H3. The Morgan fingerprint density at radius 3 is 2.50 bits per heavy atom. The van der Waals surface area contributed by atoms with E-state index in [9.17, 15) is 0 Å². The summed E-state index contributed by atoms with van der Waals surface area (Å²) in [6.45, 7) is 4.96. The van der Waals surface area contributed by atoms with Gasteiger partial charge >= 0.3 is 0 Å². The number of nitrogens with zero attached hydrogens (tertiary/aromatic N) is 3. The van der Waals surface area contributed by atoms with Crippen molar-refractivity contribution in [3.05, 3.63) is 59.7 Å². The Morgan fingerprint density at radius 2 is 1.77 bits per heavy atom. The molecule has 2 unspecified atom stereocenters. The van der Waals surface area contributed by atoms with Gasteiger partial charge in [0, 0.05) is 13.1 Å². The number of aromatic nitrogens is 2. The van der Waals surface area contributed by atoms with E-state index < -0.39 is 0 Å². The van der Waals surface area contributed by atoms with Crippen LogP contribution in [0.5, 0.6) is 0 Å². The predicted octanol–water partition coefficient (Wildman–Crippen LogP) is 4.01. The SMILES string of the molecule is CCc1ccc2c(c1)nc(N1CC3CCC(C1)O3)n2Cc1ccccc1. The normalized spacial score (nSPS) is 22.3. The third-order valence-electron chi connectivity index (χ3n) is 5.71. The molecule has 0 spiro atoms. The van der Waals surface area contributed by atoms with Gasteiger partial charge in [0.2, 0.25) is 5.95 Å². The summed E-state index contributed by atoms with van der Waals surface area (Å²) in [5, 5.41) is 0. The molecule has 2 aliphatic heterocycles. The average molecular weight is 347 g/mol. The lowest BCUT2D eigenvalue weighted by molar-refractivity contribution is 0.0297. The van der Waals surface area contributed by atoms with E-state index in [-0.39, 0.29) is 0 Å². The molecule has 4 nitrogen and oxygen atoms in total. The van der Waals surface area contributed by atoms with Crippen molar-refractivity contribution in [1.29, 1.82) is 0 Å². The minimum absolute atomic E-state index is 0.366. The lowest BCUT2D eigenvalue weighted by Crippen LogP contribution is -2.43. The van der Waals surface area contributed by atoms with E-state index in [0.29, 0.717) is 12.2 Å². The van der Waals surface area contributed by atoms with E-state index in [2.05, 4.69) is 64.9 Å². The van der Waals surface area contributed by atoms with Crippen LogP contribution in [0.3, 0.4) is 0 Å². The largest absolute Gasteiger partial charge is 0.371 e. The summed E-state index contributed by atoms with van der Waals surface area (Å²) in [6.07, 6.45) is 4.13. The number of hydrogen-bond donors (Lipinski definition) is 0. The average Bonchev–Trinajstić information content (AvgIpc) is 3.21. The smallest absolute Gasteiger partial charge is 0.207 e. The third-order valence-corrected chi connectivity index (χ3v) is 5.71. The van der Waals surface area contributed by atoms with Gasteiger partial charge in [0.1, 0.15) is 0 Å². The summed E-state index contributed by atoms with van der Waals surface area (Å²) >= 11 is 0. The van der Waals surface area contributed by atoms with Crippen molar-refractivity contribution in [2.75, 3.05) is 18.0 Å². The van der Waals surface area contributed by atoms with Crippen LogP contribution in [0.25, 0.3) is 11.0 Å². The molecule has 2 bridgehead atoms. The van der Waals surface area contributed by atoms with E-state index in [4.69, 9.17) is 9.72 Å². The number of anilines is 1. The van der Waals surface area contributed by atoms with Gasteiger partial charge in [-0.1, -0.05) is 43.3 Å². The first kappa shape index (κ1) is 15.9. The summed E-state index contributed by atoms with van der Waals surface area (Å²) < 4.78 is 8.42. The molecule has 3 heterocycles. The maximum atomic E-state index is 6.04. The second kappa shape index (κ2) is 6.44. The van der Waals surface area contributed by atoms with Crippen molar-refractivity contribution < 1.29 is 4.74 Å². The number of fused-ring (bicyclic) bond motifs is 3. The van der Waals surface area contributed by atoms with Crippen LogP contribution in [0.1, 0.15) is 30.9 Å². The molecule has 1 aromatic heterocycles. The van der Waals surface area contributed by atoms with Crippen molar-refractivity contribution in [3.63, 3.8) is 0 Å². The number of rotatable bonds is 4. The highest BCUT2D eigenvalue weighted by Gasteiger charge is 2.35. The fourth-order valence-electron chi connectivity index (χ4n) is 4.32. The third kappa shape index (κ3) is 2.78. The molecular formula is C22H25N3O. The van der Waals surface area contributed by atoms with Crippen LogP contribution < -0.4 is 4.90 Å². The molecule has 26 heavy (non-hydrogen) atoms. The van der Waals surface area contributed by atoms with E-state index in [1.165, 1.54) is 29.5 Å². The van der Waals surface area contributed by atoms with Gasteiger partial charge in [-0.05, 0) is 42.5 Å². The van der Waals surface area contributed by atoms with E-state index in [1.807, 2.05) is 0 Å². The zero-order valence-electron chi connectivity index (χ0n) is 15.3. The molecule has 0 aliphatic carbocycles. The zero-order valence-corrected chi connectivity index (χ0v) is 15.3. The van der Waals surface area contributed by atoms with Crippen molar-refractivity contribution in [2.45, 2.75) is 44.9 Å². The molecule has 0 saturated carbocycles. The first-order chi connectivity index (χ1) is 12.8. The molecule has 134 valence electrons. The molecule has 2 fully saturated rings. The Hall–Kier alpha value is -2.33. The highest BCUT2D eigenvalue weighted by atomic mass is 16.5. The second-order valence-electron chi connectivity index (χ2n) is 7.52. The van der Waals surface area contributed by atoms with Crippen LogP contribution in [0, 0.1) is 0 Å². The van der Waals surface area contributed by atoms with Gasteiger partial charge in [-0.2, -0.15) is 0 Å². The van der Waals surface area contributed by atoms with Crippen LogP contribution in [0.4, 0.5) is 5.95 Å². The van der Waals surface area contributed by atoms with Crippen LogP contribution in [-0.2, 0) is 17.7 Å².